The first kappa shape index (κ1) is 21.1. The Morgan fingerprint density at radius 1 is 1.32 bits per heavy atom. The predicted molar refractivity (Wildman–Crippen MR) is 92.1 cm³/mol. The first-order valence-corrected chi connectivity index (χ1v) is 7.64. The van der Waals surface area contributed by atoms with Crippen LogP contribution in [0.4, 0.5) is 23.7 Å². The van der Waals surface area contributed by atoms with E-state index >= 15 is 0 Å². The number of hydrazone groups is 1. The van der Waals surface area contributed by atoms with Crippen molar-refractivity contribution < 1.29 is 22.7 Å². The van der Waals surface area contributed by atoms with Crippen LogP contribution in [0.5, 0.6) is 0 Å². The van der Waals surface area contributed by atoms with Crippen LogP contribution in [0.25, 0.3) is 0 Å². The Balaban J connectivity index is 3.42. The lowest BCUT2D eigenvalue weighted by molar-refractivity contribution is -0.137. The van der Waals surface area contributed by atoms with Crippen molar-refractivity contribution in [2.45, 2.75) is 26.9 Å². The van der Waals surface area contributed by atoms with Gasteiger partial charge in [-0.3, -0.25) is 0 Å². The molecule has 25 heavy (non-hydrogen) atoms. The zero-order valence-corrected chi connectivity index (χ0v) is 15.1. The lowest BCUT2D eigenvalue weighted by Gasteiger charge is -2.21. The van der Waals surface area contributed by atoms with Crippen molar-refractivity contribution in [2.24, 2.45) is 10.5 Å². The van der Waals surface area contributed by atoms with E-state index in [1.807, 2.05) is 0 Å². The summed E-state index contributed by atoms with van der Waals surface area (Å²) in [5.41, 5.74) is -1.72. The normalized spacial score (nSPS) is 12.1. The third-order valence-electron chi connectivity index (χ3n) is 2.57. The number of carbonyl (C=O) groups excluding carboxylic acids is 1. The second kappa shape index (κ2) is 7.98. The number of nitrogens with zero attached hydrogens (tertiary/aromatic N) is 2. The Morgan fingerprint density at radius 2 is 1.84 bits per heavy atom. The van der Waals surface area contributed by atoms with Gasteiger partial charge in [0.25, 0.3) is 0 Å². The SMILES string of the molecule is C#CCOC(=O)N(/N=C/C(C)(C)C)c1c(Cl)cc(C(F)(F)F)cc1Cl. The Kier molecular flexibility index (Phi) is 6.75. The molecule has 0 N–H and O–H groups in total. The zero-order chi connectivity index (χ0) is 19.4. The number of terminal acetylenes is 1. The molecule has 1 aromatic rings. The van der Waals surface area contributed by atoms with Gasteiger partial charge in [-0.15, -0.1) is 6.42 Å². The number of anilines is 1. The molecule has 0 bridgehead atoms. The van der Waals surface area contributed by atoms with Crippen molar-refractivity contribution >= 4 is 41.2 Å². The van der Waals surface area contributed by atoms with E-state index in [1.165, 1.54) is 6.21 Å². The largest absolute Gasteiger partial charge is 0.436 e. The number of benzene rings is 1. The van der Waals surface area contributed by atoms with E-state index in [0.717, 1.165) is 0 Å². The molecule has 0 saturated heterocycles. The minimum atomic E-state index is -4.64. The summed E-state index contributed by atoms with van der Waals surface area (Å²) in [6, 6.07) is 1.30. The van der Waals surface area contributed by atoms with E-state index in [0.29, 0.717) is 17.1 Å². The van der Waals surface area contributed by atoms with Gasteiger partial charge in [-0.05, 0) is 17.5 Å². The molecule has 1 amide bonds. The standard InChI is InChI=1S/C16H15Cl2F3N2O2/c1-5-6-25-14(24)23(22-9-15(2,3)4)13-11(17)7-10(8-12(13)18)16(19,20)21/h1,7-9H,6H2,2-4H3/b22-9+. The molecule has 0 saturated carbocycles. The van der Waals surface area contributed by atoms with Gasteiger partial charge in [0.05, 0.1) is 15.6 Å². The summed E-state index contributed by atoms with van der Waals surface area (Å²) in [5.74, 6) is 2.10. The second-order valence-electron chi connectivity index (χ2n) is 5.97. The van der Waals surface area contributed by atoms with E-state index in [9.17, 15) is 18.0 Å². The van der Waals surface area contributed by atoms with Crippen LogP contribution in [0.1, 0.15) is 26.3 Å². The first-order chi connectivity index (χ1) is 11.4. The molecular weight excluding hydrogens is 380 g/mol. The summed E-state index contributed by atoms with van der Waals surface area (Å²) in [5, 5.41) is 3.79. The molecule has 0 heterocycles. The maximum atomic E-state index is 12.8. The molecular formula is C16H15Cl2F3N2O2. The van der Waals surface area contributed by atoms with Gasteiger partial charge in [0, 0.05) is 6.21 Å². The van der Waals surface area contributed by atoms with Gasteiger partial charge in [0.1, 0.15) is 5.69 Å². The summed E-state index contributed by atoms with van der Waals surface area (Å²) in [6.07, 6.45) is 0.753. The fourth-order valence-corrected chi connectivity index (χ4v) is 2.17. The van der Waals surface area contributed by atoms with Gasteiger partial charge in [0.2, 0.25) is 0 Å². The Morgan fingerprint density at radius 3 is 2.24 bits per heavy atom. The molecule has 0 aliphatic heterocycles. The lowest BCUT2D eigenvalue weighted by atomic mass is 9.99. The van der Waals surface area contributed by atoms with E-state index in [2.05, 4.69) is 11.0 Å². The molecule has 136 valence electrons. The fourth-order valence-electron chi connectivity index (χ4n) is 1.52. The fraction of sp³-hybridized carbons (Fsp3) is 0.375. The van der Waals surface area contributed by atoms with Crippen molar-refractivity contribution in [3.05, 3.63) is 27.7 Å². The number of rotatable bonds is 3. The molecule has 0 aliphatic rings. The number of hydrogen-bond acceptors (Lipinski definition) is 3. The van der Waals surface area contributed by atoms with Gasteiger partial charge in [-0.1, -0.05) is 49.9 Å². The highest BCUT2D eigenvalue weighted by molar-refractivity contribution is 6.40. The minimum Gasteiger partial charge on any atom is -0.435 e. The maximum absolute atomic E-state index is 12.8. The molecule has 0 radical (unpaired) electrons. The van der Waals surface area contributed by atoms with Crippen LogP contribution < -0.4 is 5.01 Å². The van der Waals surface area contributed by atoms with Crippen LogP contribution in [0.15, 0.2) is 17.2 Å². The molecule has 1 aromatic carbocycles. The summed E-state index contributed by atoms with van der Waals surface area (Å²) < 4.78 is 43.3. The van der Waals surface area contributed by atoms with Crippen molar-refractivity contribution in [1.82, 2.24) is 0 Å². The van der Waals surface area contributed by atoms with Gasteiger partial charge in [-0.2, -0.15) is 23.3 Å². The number of alkyl halides is 3. The molecule has 0 unspecified atom stereocenters. The Bertz CT molecular complexity index is 697. The highest BCUT2D eigenvalue weighted by Crippen LogP contribution is 2.40. The quantitative estimate of drug-likeness (QED) is 0.379. The van der Waals surface area contributed by atoms with Crippen LogP contribution in [0.2, 0.25) is 10.0 Å². The summed E-state index contributed by atoms with van der Waals surface area (Å²) >= 11 is 11.8. The second-order valence-corrected chi connectivity index (χ2v) is 6.78. The van der Waals surface area contributed by atoms with Gasteiger partial charge < -0.3 is 4.74 Å². The monoisotopic (exact) mass is 394 g/mol. The first-order valence-electron chi connectivity index (χ1n) is 6.88. The van der Waals surface area contributed by atoms with Crippen molar-refractivity contribution in [2.75, 3.05) is 11.6 Å². The van der Waals surface area contributed by atoms with Crippen LogP contribution in [0, 0.1) is 17.8 Å². The van der Waals surface area contributed by atoms with Crippen molar-refractivity contribution in [1.29, 1.82) is 0 Å². The third kappa shape index (κ3) is 6.15. The maximum Gasteiger partial charge on any atom is 0.436 e. The highest BCUT2D eigenvalue weighted by Gasteiger charge is 2.33. The van der Waals surface area contributed by atoms with Crippen LogP contribution in [-0.4, -0.2) is 18.9 Å². The summed E-state index contributed by atoms with van der Waals surface area (Å²) in [4.78, 5) is 12.2. The number of amides is 1. The van der Waals surface area contributed by atoms with E-state index in [1.54, 1.807) is 20.8 Å². The van der Waals surface area contributed by atoms with E-state index < -0.39 is 33.3 Å². The number of halogens is 5. The zero-order valence-electron chi connectivity index (χ0n) is 13.6. The summed E-state index contributed by atoms with van der Waals surface area (Å²) in [7, 11) is 0. The van der Waals surface area contributed by atoms with Crippen molar-refractivity contribution in [3.63, 3.8) is 0 Å². The number of hydrogen-bond donors (Lipinski definition) is 0. The minimum absolute atomic E-state index is 0.237. The van der Waals surface area contributed by atoms with E-state index in [-0.39, 0.29) is 12.3 Å². The summed E-state index contributed by atoms with van der Waals surface area (Å²) in [6.45, 7) is 5.06. The predicted octanol–water partition coefficient (Wildman–Crippen LogP) is 5.62. The molecule has 0 aliphatic carbocycles. The highest BCUT2D eigenvalue weighted by atomic mass is 35.5. The topological polar surface area (TPSA) is 41.9 Å². The Labute approximate surface area is 153 Å². The van der Waals surface area contributed by atoms with Gasteiger partial charge in [0.15, 0.2) is 6.61 Å². The number of ether oxygens (including phenoxy) is 1. The molecule has 0 atom stereocenters. The molecule has 1 rings (SSSR count). The van der Waals surface area contributed by atoms with Crippen molar-refractivity contribution in [3.8, 4) is 12.3 Å². The van der Waals surface area contributed by atoms with Crippen LogP contribution in [0.3, 0.4) is 0 Å². The smallest absolute Gasteiger partial charge is 0.435 e. The molecule has 9 heteroatoms. The average molecular weight is 395 g/mol. The molecule has 0 spiro atoms. The molecule has 4 nitrogen and oxygen atoms in total. The average Bonchev–Trinajstić information content (AvgIpc) is 2.45. The molecule has 0 fully saturated rings. The van der Waals surface area contributed by atoms with E-state index in [4.69, 9.17) is 34.4 Å². The van der Waals surface area contributed by atoms with Crippen LogP contribution >= 0.6 is 23.2 Å². The van der Waals surface area contributed by atoms with Crippen LogP contribution in [-0.2, 0) is 10.9 Å². The third-order valence-corrected chi connectivity index (χ3v) is 3.14. The van der Waals surface area contributed by atoms with Gasteiger partial charge >= 0.3 is 12.3 Å². The Hall–Kier alpha value is -1.91. The van der Waals surface area contributed by atoms with Gasteiger partial charge in [-0.25, -0.2) is 4.79 Å². The lowest BCUT2D eigenvalue weighted by Crippen LogP contribution is -2.28. The number of carbonyl (C=O) groups is 1. The molecule has 0 aromatic heterocycles.